The van der Waals surface area contributed by atoms with Crippen LogP contribution in [-0.2, 0) is 6.42 Å². The molecule has 0 radical (unpaired) electrons. The summed E-state index contributed by atoms with van der Waals surface area (Å²) in [6, 6.07) is 12.6. The third kappa shape index (κ3) is 6.32. The van der Waals surface area contributed by atoms with Gasteiger partial charge in [-0.05, 0) is 37.5 Å². The number of aromatic nitrogens is 1. The lowest BCUT2D eigenvalue weighted by Crippen LogP contribution is -2.01. The number of nitrogens with zero attached hydrogens (tertiary/aromatic N) is 1. The van der Waals surface area contributed by atoms with Crippen LogP contribution in [-0.4, -0.2) is 23.3 Å². The number of phenols is 1. The van der Waals surface area contributed by atoms with Crippen molar-refractivity contribution in [1.82, 2.24) is 4.98 Å². The zero-order valence-corrected chi connectivity index (χ0v) is 18.9. The normalized spacial score (nSPS) is 10.8. The van der Waals surface area contributed by atoms with Crippen molar-refractivity contribution >= 4 is 57.3 Å². The summed E-state index contributed by atoms with van der Waals surface area (Å²) < 4.78 is 11.4. The van der Waals surface area contributed by atoms with Crippen LogP contribution in [0, 0.1) is 0 Å². The number of hydrogen-bond acceptors (Lipinski definition) is 4. The zero-order chi connectivity index (χ0) is 21.5. The summed E-state index contributed by atoms with van der Waals surface area (Å²) in [5, 5.41) is 11.6. The summed E-state index contributed by atoms with van der Waals surface area (Å²) in [5.74, 6) is 1.11. The second-order valence-corrected chi connectivity index (χ2v) is 8.30. The Kier molecular flexibility index (Phi) is 8.34. The van der Waals surface area contributed by atoms with Crippen molar-refractivity contribution in [2.45, 2.75) is 19.3 Å². The molecule has 1 N–H and O–H groups in total. The van der Waals surface area contributed by atoms with Crippen molar-refractivity contribution in [3.8, 4) is 17.2 Å². The van der Waals surface area contributed by atoms with Gasteiger partial charge in [-0.25, -0.2) is 4.98 Å². The summed E-state index contributed by atoms with van der Waals surface area (Å²) >= 11 is 23.6. The molecule has 0 aliphatic heterocycles. The van der Waals surface area contributed by atoms with Gasteiger partial charge in [0.1, 0.15) is 28.1 Å². The lowest BCUT2D eigenvalue weighted by Gasteiger charge is -2.12. The van der Waals surface area contributed by atoms with Crippen LogP contribution in [0.1, 0.15) is 18.5 Å². The lowest BCUT2D eigenvalue weighted by molar-refractivity contribution is 0.306. The molecule has 158 valence electrons. The molecule has 30 heavy (non-hydrogen) atoms. The lowest BCUT2D eigenvalue weighted by atomic mass is 10.1. The van der Waals surface area contributed by atoms with Crippen LogP contribution in [0.25, 0.3) is 10.9 Å². The predicted octanol–water partition coefficient (Wildman–Crippen LogP) is 7.35. The Labute approximate surface area is 194 Å². The van der Waals surface area contributed by atoms with Gasteiger partial charge in [0.15, 0.2) is 5.75 Å². The number of fused-ring (bicyclic) bond motifs is 1. The van der Waals surface area contributed by atoms with Crippen molar-refractivity contribution in [3.63, 3.8) is 0 Å². The number of phenolic OH excluding ortho intramolecular Hbond substituents is 1. The van der Waals surface area contributed by atoms with Crippen molar-refractivity contribution in [2.24, 2.45) is 0 Å². The monoisotopic (exact) mass is 485 g/mol. The maximum Gasteiger partial charge on any atom is 0.156 e. The first-order valence-corrected chi connectivity index (χ1v) is 10.8. The van der Waals surface area contributed by atoms with Gasteiger partial charge in [0, 0.05) is 23.2 Å². The second kappa shape index (κ2) is 11.0. The van der Waals surface area contributed by atoms with Gasteiger partial charge in [-0.15, -0.1) is 0 Å². The van der Waals surface area contributed by atoms with E-state index in [9.17, 15) is 5.11 Å². The first-order chi connectivity index (χ1) is 14.4. The molecule has 0 aliphatic carbocycles. The number of benzene rings is 2. The van der Waals surface area contributed by atoms with Gasteiger partial charge in [0.05, 0.1) is 16.7 Å². The number of halogens is 4. The molecule has 0 unspecified atom stereocenters. The number of aromatic hydroxyl groups is 1. The smallest absolute Gasteiger partial charge is 0.156 e. The highest BCUT2D eigenvalue weighted by molar-refractivity contribution is 6.55. The number of hydrogen-bond donors (Lipinski definition) is 1. The highest BCUT2D eigenvalue weighted by Crippen LogP contribution is 2.37. The van der Waals surface area contributed by atoms with Gasteiger partial charge in [-0.3, -0.25) is 0 Å². The third-order valence-corrected chi connectivity index (χ3v) is 5.16. The van der Waals surface area contributed by atoms with E-state index in [1.165, 1.54) is 6.08 Å². The van der Waals surface area contributed by atoms with E-state index in [1.807, 2.05) is 18.2 Å². The fourth-order valence-electron chi connectivity index (χ4n) is 2.85. The minimum Gasteiger partial charge on any atom is -0.506 e. The van der Waals surface area contributed by atoms with Crippen molar-refractivity contribution < 1.29 is 14.6 Å². The maximum absolute atomic E-state index is 9.94. The van der Waals surface area contributed by atoms with E-state index in [0.29, 0.717) is 33.7 Å². The van der Waals surface area contributed by atoms with Gasteiger partial charge in [-0.1, -0.05) is 64.6 Å². The molecule has 0 saturated heterocycles. The van der Waals surface area contributed by atoms with Gasteiger partial charge < -0.3 is 14.6 Å². The molecule has 4 nitrogen and oxygen atoms in total. The second-order valence-electron chi connectivity index (χ2n) is 6.48. The molecule has 0 aliphatic rings. The van der Waals surface area contributed by atoms with Gasteiger partial charge in [0.2, 0.25) is 0 Å². The minimum atomic E-state index is 0.128. The van der Waals surface area contributed by atoms with Gasteiger partial charge in [0.25, 0.3) is 0 Å². The summed E-state index contributed by atoms with van der Waals surface area (Å²) in [6.07, 6.45) is 3.96. The van der Waals surface area contributed by atoms with Crippen LogP contribution in [0.15, 0.2) is 53.0 Å². The maximum atomic E-state index is 9.94. The van der Waals surface area contributed by atoms with Crippen LogP contribution in [0.3, 0.4) is 0 Å². The van der Waals surface area contributed by atoms with E-state index >= 15 is 0 Å². The number of para-hydroxylation sites is 1. The van der Waals surface area contributed by atoms with Crippen molar-refractivity contribution in [2.75, 3.05) is 13.2 Å². The SMILES string of the molecule is Oc1cccc2ccc(CCCCOc3c(Cl)cc(OCC=C(Cl)Cl)cc3Cl)nc12. The largest absolute Gasteiger partial charge is 0.506 e. The summed E-state index contributed by atoms with van der Waals surface area (Å²) in [5.41, 5.74) is 1.54. The zero-order valence-electron chi connectivity index (χ0n) is 15.9. The Hall–Kier alpha value is -1.85. The number of ether oxygens (including phenoxy) is 2. The van der Waals surface area contributed by atoms with E-state index in [0.717, 1.165) is 30.3 Å². The highest BCUT2D eigenvalue weighted by atomic mass is 35.5. The number of pyridine rings is 1. The first-order valence-electron chi connectivity index (χ1n) is 9.27. The van der Waals surface area contributed by atoms with E-state index in [1.54, 1.807) is 24.3 Å². The van der Waals surface area contributed by atoms with Crippen LogP contribution in [0.4, 0.5) is 0 Å². The van der Waals surface area contributed by atoms with E-state index in [2.05, 4.69) is 4.98 Å². The molecule has 0 atom stereocenters. The molecule has 8 heteroatoms. The van der Waals surface area contributed by atoms with Crippen LogP contribution in [0.5, 0.6) is 17.2 Å². The molecular weight excluding hydrogens is 468 g/mol. The molecule has 0 saturated carbocycles. The number of unbranched alkanes of at least 4 members (excludes halogenated alkanes) is 1. The van der Waals surface area contributed by atoms with Crippen molar-refractivity contribution in [1.29, 1.82) is 0 Å². The first kappa shape index (κ1) is 22.8. The predicted molar refractivity (Wildman–Crippen MR) is 124 cm³/mol. The minimum absolute atomic E-state index is 0.128. The number of aryl methyl sites for hydroxylation is 1. The Morgan fingerprint density at radius 1 is 1.00 bits per heavy atom. The topological polar surface area (TPSA) is 51.6 Å². The van der Waals surface area contributed by atoms with Crippen LogP contribution in [0.2, 0.25) is 10.0 Å². The average molecular weight is 487 g/mol. The molecular formula is C22H19Cl4NO3. The molecule has 1 heterocycles. The Morgan fingerprint density at radius 3 is 2.50 bits per heavy atom. The summed E-state index contributed by atoms with van der Waals surface area (Å²) in [7, 11) is 0. The van der Waals surface area contributed by atoms with Crippen LogP contribution >= 0.6 is 46.4 Å². The molecule has 2 aromatic carbocycles. The Morgan fingerprint density at radius 2 is 1.77 bits per heavy atom. The number of rotatable bonds is 9. The average Bonchev–Trinajstić information content (AvgIpc) is 2.70. The Balaban J connectivity index is 1.49. The van der Waals surface area contributed by atoms with E-state index in [-0.39, 0.29) is 16.8 Å². The molecule has 0 spiro atoms. The molecule has 3 rings (SSSR count). The third-order valence-electron chi connectivity index (χ3n) is 4.29. The Bertz CT molecular complexity index is 1030. The van der Waals surface area contributed by atoms with E-state index < -0.39 is 0 Å². The highest BCUT2D eigenvalue weighted by Gasteiger charge is 2.11. The fraction of sp³-hybridized carbons (Fsp3) is 0.227. The van der Waals surface area contributed by atoms with E-state index in [4.69, 9.17) is 55.9 Å². The van der Waals surface area contributed by atoms with Gasteiger partial charge >= 0.3 is 0 Å². The fourth-order valence-corrected chi connectivity index (χ4v) is 3.55. The summed E-state index contributed by atoms with van der Waals surface area (Å²) in [6.45, 7) is 0.666. The van der Waals surface area contributed by atoms with Crippen LogP contribution < -0.4 is 9.47 Å². The molecule has 0 bridgehead atoms. The summed E-state index contributed by atoms with van der Waals surface area (Å²) in [4.78, 5) is 4.54. The van der Waals surface area contributed by atoms with Gasteiger partial charge in [-0.2, -0.15) is 0 Å². The van der Waals surface area contributed by atoms with Crippen molar-refractivity contribution in [3.05, 3.63) is 68.8 Å². The standard InChI is InChI=1S/C22H19Cl4NO3/c23-17-12-16(29-11-9-20(25)26)13-18(24)22(17)30-10-2-1-5-15-8-7-14-4-3-6-19(28)21(14)27-15/h3-4,6-9,12-13,28H,1-2,5,10-11H2. The molecule has 1 aromatic heterocycles. The molecule has 3 aromatic rings. The quantitative estimate of drug-likeness (QED) is 0.321. The molecule has 0 amide bonds. The molecule has 0 fully saturated rings.